The van der Waals surface area contributed by atoms with Crippen molar-refractivity contribution in [1.29, 1.82) is 5.26 Å². The van der Waals surface area contributed by atoms with Gasteiger partial charge in [-0.3, -0.25) is 4.79 Å². The van der Waals surface area contributed by atoms with Gasteiger partial charge in [0, 0.05) is 18.7 Å². The highest BCUT2D eigenvalue weighted by molar-refractivity contribution is 5.69. The number of nitrogens with zero attached hydrogens (tertiary/aromatic N) is 1. The normalized spacial score (nSPS) is 10.8. The van der Waals surface area contributed by atoms with Crippen molar-refractivity contribution in [1.82, 2.24) is 0 Å². The van der Waals surface area contributed by atoms with Crippen molar-refractivity contribution in [3.63, 3.8) is 0 Å². The van der Waals surface area contributed by atoms with Crippen LogP contribution in [0, 0.1) is 11.3 Å². The average Bonchev–Trinajstić information content (AvgIpc) is 2.42. The zero-order valence-electron chi connectivity index (χ0n) is 10.8. The number of anilines is 1. The molecule has 0 amide bonds. The Bertz CT molecular complexity index is 521. The standard InChI is InChI=1S/C13H13F3N2O2/c1-20-12(19)3-2-6-18-10-5-4-9(8-17)11(7-10)13(14,15)16/h4-5,7,18H,2-3,6H2,1H3. The second kappa shape index (κ2) is 6.80. The van der Waals surface area contributed by atoms with E-state index in [0.29, 0.717) is 13.0 Å². The number of nitriles is 1. The first-order valence-electron chi connectivity index (χ1n) is 5.80. The fourth-order valence-electron chi connectivity index (χ4n) is 1.55. The summed E-state index contributed by atoms with van der Waals surface area (Å²) in [6.45, 7) is 0.332. The molecule has 0 aliphatic rings. The Morgan fingerprint density at radius 3 is 2.70 bits per heavy atom. The molecule has 1 N–H and O–H groups in total. The Hall–Kier alpha value is -2.23. The summed E-state index contributed by atoms with van der Waals surface area (Å²) < 4.78 is 42.6. The van der Waals surface area contributed by atoms with E-state index in [1.54, 1.807) is 0 Å². The fourth-order valence-corrected chi connectivity index (χ4v) is 1.55. The minimum Gasteiger partial charge on any atom is -0.469 e. The molecule has 0 saturated heterocycles. The molecule has 0 aromatic heterocycles. The monoisotopic (exact) mass is 286 g/mol. The third kappa shape index (κ3) is 4.46. The summed E-state index contributed by atoms with van der Waals surface area (Å²) in [6, 6.07) is 4.91. The van der Waals surface area contributed by atoms with E-state index in [4.69, 9.17) is 5.26 Å². The van der Waals surface area contributed by atoms with Crippen LogP contribution in [0.25, 0.3) is 0 Å². The molecule has 1 aromatic rings. The van der Waals surface area contributed by atoms with Gasteiger partial charge in [-0.15, -0.1) is 0 Å². The zero-order chi connectivity index (χ0) is 15.2. The molecule has 0 radical (unpaired) electrons. The van der Waals surface area contributed by atoms with Crippen LogP contribution in [-0.4, -0.2) is 19.6 Å². The average molecular weight is 286 g/mol. The van der Waals surface area contributed by atoms with E-state index in [9.17, 15) is 18.0 Å². The van der Waals surface area contributed by atoms with Crippen LogP contribution >= 0.6 is 0 Å². The van der Waals surface area contributed by atoms with Crippen LogP contribution in [-0.2, 0) is 15.7 Å². The summed E-state index contributed by atoms with van der Waals surface area (Å²) in [5, 5.41) is 11.4. The molecule has 0 fully saturated rings. The number of nitrogens with one attached hydrogen (secondary N) is 1. The van der Waals surface area contributed by atoms with E-state index < -0.39 is 17.3 Å². The molecule has 0 saturated carbocycles. The number of benzene rings is 1. The minimum absolute atomic E-state index is 0.186. The van der Waals surface area contributed by atoms with Crippen LogP contribution in [0.4, 0.5) is 18.9 Å². The maximum Gasteiger partial charge on any atom is 0.417 e. The van der Waals surface area contributed by atoms with Crippen molar-refractivity contribution in [3.05, 3.63) is 29.3 Å². The van der Waals surface area contributed by atoms with Crippen LogP contribution < -0.4 is 5.32 Å². The topological polar surface area (TPSA) is 62.1 Å². The Morgan fingerprint density at radius 1 is 1.45 bits per heavy atom. The molecule has 0 spiro atoms. The maximum atomic E-state index is 12.7. The Kier molecular flexibility index (Phi) is 5.38. The van der Waals surface area contributed by atoms with Gasteiger partial charge in [0.15, 0.2) is 0 Å². The van der Waals surface area contributed by atoms with E-state index in [2.05, 4.69) is 10.1 Å². The number of hydrogen-bond donors (Lipinski definition) is 1. The van der Waals surface area contributed by atoms with Crippen LogP contribution in [0.5, 0.6) is 0 Å². The predicted octanol–water partition coefficient (Wildman–Crippen LogP) is 2.94. The van der Waals surface area contributed by atoms with E-state index in [1.165, 1.54) is 19.2 Å². The number of halogens is 3. The first-order chi connectivity index (χ1) is 9.38. The third-order valence-electron chi connectivity index (χ3n) is 2.56. The molecular weight excluding hydrogens is 273 g/mol. The SMILES string of the molecule is COC(=O)CCCNc1ccc(C#N)c(C(F)(F)F)c1. The quantitative estimate of drug-likeness (QED) is 0.667. The molecule has 4 nitrogen and oxygen atoms in total. The molecule has 0 atom stereocenters. The van der Waals surface area contributed by atoms with Crippen molar-refractivity contribution < 1.29 is 22.7 Å². The number of methoxy groups -OCH3 is 1. The van der Waals surface area contributed by atoms with Crippen LogP contribution in [0.2, 0.25) is 0 Å². The number of esters is 1. The molecule has 7 heteroatoms. The molecule has 1 rings (SSSR count). The van der Waals surface area contributed by atoms with Crippen LogP contribution in [0.15, 0.2) is 18.2 Å². The molecule has 0 bridgehead atoms. The number of carbonyl (C=O) groups excluding carboxylic acids is 1. The minimum atomic E-state index is -4.57. The van der Waals surface area contributed by atoms with Crippen molar-refractivity contribution in [2.45, 2.75) is 19.0 Å². The molecule has 0 heterocycles. The molecule has 0 aliphatic carbocycles. The number of carbonyl (C=O) groups is 1. The second-order valence-corrected chi connectivity index (χ2v) is 3.98. The third-order valence-corrected chi connectivity index (χ3v) is 2.56. The van der Waals surface area contributed by atoms with Gasteiger partial charge >= 0.3 is 12.1 Å². The molecule has 0 aliphatic heterocycles. The van der Waals surface area contributed by atoms with Crippen molar-refractivity contribution >= 4 is 11.7 Å². The summed E-state index contributed by atoms with van der Waals surface area (Å²) in [4.78, 5) is 10.9. The van der Waals surface area contributed by atoms with Crippen LogP contribution in [0.3, 0.4) is 0 Å². The lowest BCUT2D eigenvalue weighted by atomic mass is 10.1. The highest BCUT2D eigenvalue weighted by atomic mass is 19.4. The first kappa shape index (κ1) is 15.8. The van der Waals surface area contributed by atoms with Gasteiger partial charge in [-0.1, -0.05) is 0 Å². The first-order valence-corrected chi connectivity index (χ1v) is 5.80. The summed E-state index contributed by atoms with van der Waals surface area (Å²) in [5.74, 6) is -0.373. The zero-order valence-corrected chi connectivity index (χ0v) is 10.8. The van der Waals surface area contributed by atoms with Gasteiger partial charge in [0.05, 0.1) is 24.3 Å². The Morgan fingerprint density at radius 2 is 2.15 bits per heavy atom. The number of hydrogen-bond acceptors (Lipinski definition) is 4. The van der Waals surface area contributed by atoms with Gasteiger partial charge < -0.3 is 10.1 Å². The Labute approximate surface area is 114 Å². The summed E-state index contributed by atoms with van der Waals surface area (Å²) in [7, 11) is 1.27. The smallest absolute Gasteiger partial charge is 0.417 e. The maximum absolute atomic E-state index is 12.7. The van der Waals surface area contributed by atoms with E-state index in [-0.39, 0.29) is 18.1 Å². The van der Waals surface area contributed by atoms with Crippen LogP contribution in [0.1, 0.15) is 24.0 Å². The fraction of sp³-hybridized carbons (Fsp3) is 0.385. The van der Waals surface area contributed by atoms with Gasteiger partial charge in [0.1, 0.15) is 0 Å². The van der Waals surface area contributed by atoms with E-state index in [0.717, 1.165) is 12.1 Å². The van der Waals surface area contributed by atoms with Gasteiger partial charge in [0.2, 0.25) is 0 Å². The highest BCUT2D eigenvalue weighted by Gasteiger charge is 2.33. The molecule has 0 unspecified atom stereocenters. The lowest BCUT2D eigenvalue weighted by Gasteiger charge is -2.12. The van der Waals surface area contributed by atoms with Crippen molar-refractivity contribution in [2.24, 2.45) is 0 Å². The number of rotatable bonds is 5. The lowest BCUT2D eigenvalue weighted by Crippen LogP contribution is -2.10. The molecule has 1 aromatic carbocycles. The van der Waals surface area contributed by atoms with Gasteiger partial charge in [-0.25, -0.2) is 0 Å². The van der Waals surface area contributed by atoms with Crippen molar-refractivity contribution in [3.8, 4) is 6.07 Å². The molecule has 108 valence electrons. The summed E-state index contributed by atoms with van der Waals surface area (Å²) in [5.41, 5.74) is -1.14. The molecule has 20 heavy (non-hydrogen) atoms. The van der Waals surface area contributed by atoms with E-state index >= 15 is 0 Å². The summed E-state index contributed by atoms with van der Waals surface area (Å²) in [6.07, 6.45) is -3.95. The highest BCUT2D eigenvalue weighted by Crippen LogP contribution is 2.33. The second-order valence-electron chi connectivity index (χ2n) is 3.98. The van der Waals surface area contributed by atoms with Gasteiger partial charge in [0.25, 0.3) is 0 Å². The summed E-state index contributed by atoms with van der Waals surface area (Å²) >= 11 is 0. The Balaban J connectivity index is 2.69. The largest absolute Gasteiger partial charge is 0.469 e. The van der Waals surface area contributed by atoms with Gasteiger partial charge in [-0.05, 0) is 24.6 Å². The van der Waals surface area contributed by atoms with Gasteiger partial charge in [-0.2, -0.15) is 18.4 Å². The van der Waals surface area contributed by atoms with Crippen molar-refractivity contribution in [2.75, 3.05) is 19.0 Å². The van der Waals surface area contributed by atoms with E-state index in [1.807, 2.05) is 0 Å². The number of ether oxygens (including phenoxy) is 1. The lowest BCUT2D eigenvalue weighted by molar-refractivity contribution is -0.140. The molecular formula is C13H13F3N2O2. The number of alkyl halides is 3. The predicted molar refractivity (Wildman–Crippen MR) is 65.9 cm³/mol.